The Morgan fingerprint density at radius 2 is 2.19 bits per heavy atom. The van der Waals surface area contributed by atoms with Gasteiger partial charge in [0.05, 0.1) is 6.54 Å². The normalized spacial score (nSPS) is 14.2. The Labute approximate surface area is 129 Å². The van der Waals surface area contributed by atoms with E-state index in [0.717, 1.165) is 37.1 Å². The van der Waals surface area contributed by atoms with Gasteiger partial charge in [-0.05, 0) is 42.9 Å². The van der Waals surface area contributed by atoms with Crippen LogP contribution in [0.5, 0.6) is 0 Å². The second kappa shape index (κ2) is 7.47. The van der Waals surface area contributed by atoms with Crippen molar-refractivity contribution < 1.29 is 0 Å². The second-order valence-electron chi connectivity index (χ2n) is 6.19. The topological polar surface area (TPSA) is 28.2 Å². The lowest BCUT2D eigenvalue weighted by Crippen LogP contribution is -2.26. The maximum absolute atomic E-state index is 5.51. The van der Waals surface area contributed by atoms with Gasteiger partial charge in [0, 0.05) is 24.8 Å². The zero-order valence-corrected chi connectivity index (χ0v) is 13.5. The van der Waals surface area contributed by atoms with E-state index in [9.17, 15) is 0 Å². The molecule has 0 radical (unpaired) electrons. The number of aromatic nitrogens is 1. The predicted octanol–water partition coefficient (Wildman–Crippen LogP) is 3.31. The summed E-state index contributed by atoms with van der Waals surface area (Å²) in [4.78, 5) is 7.02. The maximum Gasteiger partial charge on any atom is 0.129 e. The first-order valence-electron chi connectivity index (χ1n) is 8.06. The van der Waals surface area contributed by atoms with Crippen molar-refractivity contribution in [1.29, 1.82) is 0 Å². The van der Waals surface area contributed by atoms with Crippen LogP contribution >= 0.6 is 0 Å². The summed E-state index contributed by atoms with van der Waals surface area (Å²) < 4.78 is 0. The third-order valence-electron chi connectivity index (χ3n) is 3.75. The molecule has 1 heterocycles. The highest BCUT2D eigenvalue weighted by molar-refractivity contribution is 5.44. The van der Waals surface area contributed by atoms with Crippen LogP contribution in [0.15, 0.2) is 12.1 Å². The Morgan fingerprint density at radius 1 is 1.43 bits per heavy atom. The minimum absolute atomic E-state index is 0.430. The summed E-state index contributed by atoms with van der Waals surface area (Å²) in [6, 6.07) is 5.14. The SMILES string of the molecule is C#CCN(CCC)c1cc(CNC2CC2)cc(C(C)C)n1. The minimum Gasteiger partial charge on any atom is -0.345 e. The summed E-state index contributed by atoms with van der Waals surface area (Å²) in [6.07, 6.45) is 9.21. The maximum atomic E-state index is 5.51. The van der Waals surface area contributed by atoms with Crippen LogP contribution in [0, 0.1) is 12.3 Å². The highest BCUT2D eigenvalue weighted by atomic mass is 15.2. The number of pyridine rings is 1. The fourth-order valence-corrected chi connectivity index (χ4v) is 2.36. The summed E-state index contributed by atoms with van der Waals surface area (Å²) >= 11 is 0. The quantitative estimate of drug-likeness (QED) is 0.743. The van der Waals surface area contributed by atoms with Crippen molar-refractivity contribution >= 4 is 5.82 Å². The van der Waals surface area contributed by atoms with Crippen LogP contribution in [0.1, 0.15) is 57.2 Å². The molecule has 2 rings (SSSR count). The summed E-state index contributed by atoms with van der Waals surface area (Å²) in [5, 5.41) is 3.58. The number of hydrogen-bond acceptors (Lipinski definition) is 3. The van der Waals surface area contributed by atoms with Crippen molar-refractivity contribution in [3.63, 3.8) is 0 Å². The molecule has 0 aliphatic heterocycles. The minimum atomic E-state index is 0.430. The average molecular weight is 285 g/mol. The summed E-state index contributed by atoms with van der Waals surface area (Å²) in [7, 11) is 0. The molecule has 0 saturated heterocycles. The van der Waals surface area contributed by atoms with Crippen molar-refractivity contribution in [3.05, 3.63) is 23.4 Å². The van der Waals surface area contributed by atoms with Crippen LogP contribution in [-0.4, -0.2) is 24.1 Å². The molecule has 0 aromatic carbocycles. The van der Waals surface area contributed by atoms with Gasteiger partial charge in [-0.15, -0.1) is 6.42 Å². The van der Waals surface area contributed by atoms with Gasteiger partial charge >= 0.3 is 0 Å². The molecule has 1 aromatic heterocycles. The van der Waals surface area contributed by atoms with E-state index < -0.39 is 0 Å². The molecule has 0 unspecified atom stereocenters. The molecule has 0 bridgehead atoms. The van der Waals surface area contributed by atoms with Crippen molar-refractivity contribution in [3.8, 4) is 12.3 Å². The predicted molar refractivity (Wildman–Crippen MR) is 89.5 cm³/mol. The van der Waals surface area contributed by atoms with E-state index in [2.05, 4.69) is 49.0 Å². The van der Waals surface area contributed by atoms with Crippen LogP contribution < -0.4 is 10.2 Å². The number of terminal acetylenes is 1. The molecule has 1 aromatic rings. The molecular weight excluding hydrogens is 258 g/mol. The van der Waals surface area contributed by atoms with Gasteiger partial charge in [-0.3, -0.25) is 0 Å². The lowest BCUT2D eigenvalue weighted by Gasteiger charge is -2.23. The third kappa shape index (κ3) is 4.75. The Morgan fingerprint density at radius 3 is 2.76 bits per heavy atom. The molecule has 1 saturated carbocycles. The highest BCUT2D eigenvalue weighted by Gasteiger charge is 2.20. The molecule has 1 fully saturated rings. The lowest BCUT2D eigenvalue weighted by atomic mass is 10.1. The van der Waals surface area contributed by atoms with Gasteiger partial charge in [-0.2, -0.15) is 0 Å². The molecule has 0 atom stereocenters. The van der Waals surface area contributed by atoms with Crippen molar-refractivity contribution in [2.45, 2.75) is 58.5 Å². The summed E-state index contributed by atoms with van der Waals surface area (Å²) in [6.45, 7) is 9.05. The number of nitrogens with one attached hydrogen (secondary N) is 1. The van der Waals surface area contributed by atoms with E-state index in [4.69, 9.17) is 11.4 Å². The van der Waals surface area contributed by atoms with Gasteiger partial charge in [0.1, 0.15) is 5.82 Å². The number of nitrogens with zero attached hydrogens (tertiary/aromatic N) is 2. The molecule has 1 aliphatic carbocycles. The Balaban J connectivity index is 2.21. The molecular formula is C18H27N3. The Bertz CT molecular complexity index is 498. The van der Waals surface area contributed by atoms with Gasteiger partial charge in [-0.1, -0.05) is 26.7 Å². The first-order valence-corrected chi connectivity index (χ1v) is 8.06. The summed E-state index contributed by atoms with van der Waals surface area (Å²) in [5.41, 5.74) is 2.46. The fraction of sp³-hybridized carbons (Fsp3) is 0.611. The molecule has 21 heavy (non-hydrogen) atoms. The molecule has 1 N–H and O–H groups in total. The lowest BCUT2D eigenvalue weighted by molar-refractivity contribution is 0.682. The largest absolute Gasteiger partial charge is 0.345 e. The van der Waals surface area contributed by atoms with Crippen LogP contribution in [-0.2, 0) is 6.54 Å². The Hall–Kier alpha value is -1.53. The van der Waals surface area contributed by atoms with Gasteiger partial charge < -0.3 is 10.2 Å². The van der Waals surface area contributed by atoms with Crippen LogP contribution in [0.3, 0.4) is 0 Å². The van der Waals surface area contributed by atoms with Crippen molar-refractivity contribution in [2.75, 3.05) is 18.0 Å². The van der Waals surface area contributed by atoms with E-state index in [0.29, 0.717) is 12.5 Å². The zero-order chi connectivity index (χ0) is 15.2. The van der Waals surface area contributed by atoms with Crippen LogP contribution in [0.25, 0.3) is 0 Å². The summed E-state index contributed by atoms with van der Waals surface area (Å²) in [5.74, 6) is 4.20. The van der Waals surface area contributed by atoms with E-state index in [1.54, 1.807) is 0 Å². The van der Waals surface area contributed by atoms with E-state index in [-0.39, 0.29) is 0 Å². The molecule has 3 heteroatoms. The van der Waals surface area contributed by atoms with E-state index >= 15 is 0 Å². The van der Waals surface area contributed by atoms with Crippen LogP contribution in [0.4, 0.5) is 5.82 Å². The standard InChI is InChI=1S/C18H27N3/c1-5-9-21(10-6-2)18-12-15(13-19-16-7-8-16)11-17(20-18)14(3)4/h1,11-12,14,16,19H,6-10,13H2,2-4H3. The average Bonchev–Trinajstić information content (AvgIpc) is 3.29. The first-order chi connectivity index (χ1) is 10.1. The van der Waals surface area contributed by atoms with Crippen molar-refractivity contribution in [2.24, 2.45) is 0 Å². The van der Waals surface area contributed by atoms with E-state index in [1.807, 2.05) is 0 Å². The molecule has 0 amide bonds. The number of anilines is 1. The van der Waals surface area contributed by atoms with E-state index in [1.165, 1.54) is 18.4 Å². The Kier molecular flexibility index (Phi) is 5.64. The molecule has 3 nitrogen and oxygen atoms in total. The smallest absolute Gasteiger partial charge is 0.129 e. The van der Waals surface area contributed by atoms with Gasteiger partial charge in [0.2, 0.25) is 0 Å². The number of rotatable bonds is 8. The monoisotopic (exact) mass is 285 g/mol. The zero-order valence-electron chi connectivity index (χ0n) is 13.5. The van der Waals surface area contributed by atoms with Crippen molar-refractivity contribution in [1.82, 2.24) is 10.3 Å². The van der Waals surface area contributed by atoms with Crippen LogP contribution in [0.2, 0.25) is 0 Å². The number of hydrogen-bond donors (Lipinski definition) is 1. The highest BCUT2D eigenvalue weighted by Crippen LogP contribution is 2.23. The van der Waals surface area contributed by atoms with Gasteiger partial charge in [0.15, 0.2) is 0 Å². The third-order valence-corrected chi connectivity index (χ3v) is 3.75. The molecule has 0 spiro atoms. The van der Waals surface area contributed by atoms with Gasteiger partial charge in [-0.25, -0.2) is 4.98 Å². The molecule has 1 aliphatic rings. The first kappa shape index (κ1) is 15.9. The molecule has 114 valence electrons. The fourth-order valence-electron chi connectivity index (χ4n) is 2.36. The van der Waals surface area contributed by atoms with Gasteiger partial charge in [0.25, 0.3) is 0 Å². The second-order valence-corrected chi connectivity index (χ2v) is 6.19.